The number of hydrogen-bond donors (Lipinski definition) is 7. The Bertz CT molecular complexity index is 760. The molecule has 2 heterocycles. The summed E-state index contributed by atoms with van der Waals surface area (Å²) < 4.78 is 21.6. The summed E-state index contributed by atoms with van der Waals surface area (Å²) in [6.07, 6.45) is -16.5. The molecule has 2 unspecified atom stereocenters. The maximum atomic E-state index is 10.3. The lowest BCUT2D eigenvalue weighted by molar-refractivity contribution is -0.334. The van der Waals surface area contributed by atoms with Crippen LogP contribution in [0.2, 0.25) is 0 Å². The highest BCUT2D eigenvalue weighted by Gasteiger charge is 2.48. The van der Waals surface area contributed by atoms with E-state index in [0.717, 1.165) is 0 Å². The zero-order chi connectivity index (χ0) is 23.4. The predicted molar refractivity (Wildman–Crippen MR) is 102 cm³/mol. The molecule has 12 nitrogen and oxygen atoms in total. The maximum absolute atomic E-state index is 10.3. The molecule has 0 saturated carbocycles. The van der Waals surface area contributed by atoms with Crippen molar-refractivity contribution >= 4 is 0 Å². The number of ether oxygens (including phenoxy) is 4. The second-order valence-corrected chi connectivity index (χ2v) is 7.60. The van der Waals surface area contributed by atoms with Gasteiger partial charge in [0.25, 0.3) is 0 Å². The number of aliphatic hydroxyl groups is 7. The second-order valence-electron chi connectivity index (χ2n) is 7.60. The van der Waals surface area contributed by atoms with Gasteiger partial charge in [0.1, 0.15) is 48.8 Å². The summed E-state index contributed by atoms with van der Waals surface area (Å²) in [5.41, 5.74) is 0.487. The van der Waals surface area contributed by atoms with Crippen LogP contribution >= 0.6 is 0 Å². The minimum Gasteiger partial charge on any atom is -0.394 e. The van der Waals surface area contributed by atoms with Gasteiger partial charge in [0.15, 0.2) is 18.7 Å². The molecule has 2 fully saturated rings. The number of benzene rings is 1. The van der Waals surface area contributed by atoms with Crippen LogP contribution in [0.25, 0.3) is 0 Å². The van der Waals surface area contributed by atoms with Gasteiger partial charge in [0.2, 0.25) is 0 Å². The van der Waals surface area contributed by atoms with Crippen molar-refractivity contribution in [3.63, 3.8) is 0 Å². The van der Waals surface area contributed by atoms with Crippen molar-refractivity contribution in [2.45, 2.75) is 67.5 Å². The van der Waals surface area contributed by atoms with Crippen LogP contribution in [0.5, 0.6) is 0 Å². The topological polar surface area (TPSA) is 202 Å². The van der Waals surface area contributed by atoms with Gasteiger partial charge >= 0.3 is 0 Å². The first kappa shape index (κ1) is 24.9. The first-order valence-electron chi connectivity index (χ1n) is 10.00. The van der Waals surface area contributed by atoms with Gasteiger partial charge in [-0.25, -0.2) is 0 Å². The van der Waals surface area contributed by atoms with E-state index in [2.05, 4.69) is 0 Å². The number of nitriles is 1. The molecule has 2 aliphatic rings. The fourth-order valence-electron chi connectivity index (χ4n) is 3.51. The summed E-state index contributed by atoms with van der Waals surface area (Å²) in [6.45, 7) is -1.14. The molecule has 2 aliphatic heterocycles. The van der Waals surface area contributed by atoms with E-state index in [9.17, 15) is 41.0 Å². The molecule has 1 aromatic rings. The van der Waals surface area contributed by atoms with E-state index >= 15 is 0 Å². The third-order valence-electron chi connectivity index (χ3n) is 5.43. The van der Waals surface area contributed by atoms with Gasteiger partial charge in [-0.15, -0.1) is 0 Å². The van der Waals surface area contributed by atoms with Gasteiger partial charge in [-0.3, -0.25) is 0 Å². The first-order chi connectivity index (χ1) is 15.3. The van der Waals surface area contributed by atoms with Crippen LogP contribution in [0.4, 0.5) is 0 Å². The monoisotopic (exact) mass is 457 g/mol. The van der Waals surface area contributed by atoms with Gasteiger partial charge in [-0.05, 0) is 5.56 Å². The zero-order valence-corrected chi connectivity index (χ0v) is 16.9. The molecular weight excluding hydrogens is 430 g/mol. The molecule has 1 aromatic carbocycles. The Balaban J connectivity index is 1.65. The van der Waals surface area contributed by atoms with Crippen molar-refractivity contribution < 1.29 is 54.7 Å². The van der Waals surface area contributed by atoms with Crippen molar-refractivity contribution in [1.29, 1.82) is 5.26 Å². The SMILES string of the molecule is N#CC(O[C@@H]1O[C@H](COC2O[C@H](CO)[C@@H](O)[C@@H](O)[C@H]2O)[C@@H](O)[C@H](O)[C@H]1O)c1ccccc1. The molecule has 7 N–H and O–H groups in total. The molecular formula is C20H27NO11. The fourth-order valence-corrected chi connectivity index (χ4v) is 3.51. The highest BCUT2D eigenvalue weighted by Crippen LogP contribution is 2.28. The maximum Gasteiger partial charge on any atom is 0.188 e. The van der Waals surface area contributed by atoms with Crippen LogP contribution in [-0.4, -0.2) is 110 Å². The van der Waals surface area contributed by atoms with Crippen molar-refractivity contribution in [2.24, 2.45) is 0 Å². The van der Waals surface area contributed by atoms with Crippen LogP contribution in [0, 0.1) is 11.3 Å². The average Bonchev–Trinajstić information content (AvgIpc) is 2.81. The number of hydrogen-bond acceptors (Lipinski definition) is 12. The molecule has 2 saturated heterocycles. The lowest BCUT2D eigenvalue weighted by Gasteiger charge is -2.43. The molecule has 0 amide bonds. The van der Waals surface area contributed by atoms with E-state index in [1.807, 2.05) is 6.07 Å². The van der Waals surface area contributed by atoms with Crippen LogP contribution in [0.3, 0.4) is 0 Å². The number of aliphatic hydroxyl groups excluding tert-OH is 7. The van der Waals surface area contributed by atoms with Gasteiger partial charge in [-0.2, -0.15) is 5.26 Å². The van der Waals surface area contributed by atoms with Crippen LogP contribution in [0.15, 0.2) is 30.3 Å². The van der Waals surface area contributed by atoms with Crippen molar-refractivity contribution in [3.05, 3.63) is 35.9 Å². The van der Waals surface area contributed by atoms with E-state index in [1.54, 1.807) is 30.3 Å². The Labute approximate surface area is 183 Å². The van der Waals surface area contributed by atoms with E-state index in [0.29, 0.717) is 5.56 Å². The smallest absolute Gasteiger partial charge is 0.188 e. The molecule has 0 aliphatic carbocycles. The quantitative estimate of drug-likeness (QED) is 0.218. The summed E-state index contributed by atoms with van der Waals surface area (Å²) in [5, 5.41) is 79.1. The molecule has 0 radical (unpaired) electrons. The Morgan fingerprint density at radius 3 is 1.97 bits per heavy atom. The average molecular weight is 457 g/mol. The molecule has 12 heteroatoms. The van der Waals surface area contributed by atoms with E-state index in [1.165, 1.54) is 0 Å². The lowest BCUT2D eigenvalue weighted by atomic mass is 9.98. The molecule has 0 bridgehead atoms. The minimum absolute atomic E-state index is 0.487. The van der Waals surface area contributed by atoms with Crippen molar-refractivity contribution in [2.75, 3.05) is 13.2 Å². The Morgan fingerprint density at radius 2 is 1.38 bits per heavy atom. The van der Waals surface area contributed by atoms with Crippen molar-refractivity contribution in [1.82, 2.24) is 0 Å². The molecule has 11 atom stereocenters. The second kappa shape index (κ2) is 10.9. The van der Waals surface area contributed by atoms with E-state index < -0.39 is 80.7 Å². The third-order valence-corrected chi connectivity index (χ3v) is 5.43. The number of nitrogens with zero attached hydrogens (tertiary/aromatic N) is 1. The molecule has 3 rings (SSSR count). The predicted octanol–water partition coefficient (Wildman–Crippen LogP) is -3.11. The number of rotatable bonds is 7. The Morgan fingerprint density at radius 1 is 0.812 bits per heavy atom. The zero-order valence-electron chi connectivity index (χ0n) is 16.9. The molecule has 178 valence electrons. The largest absolute Gasteiger partial charge is 0.394 e. The van der Waals surface area contributed by atoms with Crippen molar-refractivity contribution in [3.8, 4) is 6.07 Å². The Kier molecular flexibility index (Phi) is 8.50. The van der Waals surface area contributed by atoms with Crippen LogP contribution < -0.4 is 0 Å². The first-order valence-corrected chi connectivity index (χ1v) is 10.00. The summed E-state index contributed by atoms with van der Waals surface area (Å²) in [5.74, 6) is 0. The fraction of sp³-hybridized carbons (Fsp3) is 0.650. The molecule has 32 heavy (non-hydrogen) atoms. The van der Waals surface area contributed by atoms with E-state index in [4.69, 9.17) is 18.9 Å². The van der Waals surface area contributed by atoms with Gasteiger partial charge < -0.3 is 54.7 Å². The van der Waals surface area contributed by atoms with Gasteiger partial charge in [0.05, 0.1) is 19.3 Å². The van der Waals surface area contributed by atoms with Crippen LogP contribution in [0.1, 0.15) is 11.7 Å². The molecule has 0 aromatic heterocycles. The summed E-state index contributed by atoms with van der Waals surface area (Å²) in [7, 11) is 0. The Hall–Kier alpha value is -1.73. The van der Waals surface area contributed by atoms with E-state index in [-0.39, 0.29) is 0 Å². The van der Waals surface area contributed by atoms with Gasteiger partial charge in [0, 0.05) is 0 Å². The summed E-state index contributed by atoms with van der Waals surface area (Å²) >= 11 is 0. The normalized spacial score (nSPS) is 41.1. The third kappa shape index (κ3) is 5.25. The summed E-state index contributed by atoms with van der Waals surface area (Å²) in [4.78, 5) is 0. The van der Waals surface area contributed by atoms with Crippen LogP contribution in [-0.2, 0) is 18.9 Å². The summed E-state index contributed by atoms with van der Waals surface area (Å²) in [6, 6.07) is 10.3. The van der Waals surface area contributed by atoms with Gasteiger partial charge in [-0.1, -0.05) is 30.3 Å². The minimum atomic E-state index is -1.70. The standard InChI is InChI=1S/C20H27NO11/c21-6-10(9-4-2-1-3-5-9)30-20-18(28)16(26)14(24)12(32-20)8-29-19-17(27)15(25)13(23)11(7-22)31-19/h1-5,10-20,22-28H,7-8H2/t10?,11-,12-,13-,14-,15-,16+,17-,18-,19?,20-/m1/s1. The highest BCUT2D eigenvalue weighted by molar-refractivity contribution is 5.22. The lowest BCUT2D eigenvalue weighted by Crippen LogP contribution is -2.61. The highest BCUT2D eigenvalue weighted by atomic mass is 16.7. The molecule has 0 spiro atoms.